The summed E-state index contributed by atoms with van der Waals surface area (Å²) in [5.41, 5.74) is 2.13. The molecule has 2 aromatic rings. The van der Waals surface area contributed by atoms with Gasteiger partial charge >= 0.3 is 0 Å². The largest absolute Gasteiger partial charge is 0.493 e. The van der Waals surface area contributed by atoms with Crippen molar-refractivity contribution in [2.24, 2.45) is 0 Å². The Morgan fingerprint density at radius 1 is 1.00 bits per heavy atom. The molecule has 0 radical (unpaired) electrons. The number of nitrogens with zero attached hydrogens (tertiary/aromatic N) is 1. The lowest BCUT2D eigenvalue weighted by molar-refractivity contribution is -0.125. The summed E-state index contributed by atoms with van der Waals surface area (Å²) >= 11 is 0. The van der Waals surface area contributed by atoms with Crippen molar-refractivity contribution in [1.82, 2.24) is 10.2 Å². The molecule has 4 rings (SSSR count). The molecule has 1 aliphatic heterocycles. The maximum absolute atomic E-state index is 14.0. The molecule has 35 heavy (non-hydrogen) atoms. The second kappa shape index (κ2) is 11.0. The van der Waals surface area contributed by atoms with Crippen LogP contribution in [-0.2, 0) is 4.79 Å². The van der Waals surface area contributed by atoms with Crippen molar-refractivity contribution < 1.29 is 23.8 Å². The highest BCUT2D eigenvalue weighted by atomic mass is 16.5. The molecule has 1 fully saturated rings. The van der Waals surface area contributed by atoms with Crippen LogP contribution < -0.4 is 19.5 Å². The van der Waals surface area contributed by atoms with Crippen LogP contribution in [0.4, 0.5) is 0 Å². The predicted molar refractivity (Wildman–Crippen MR) is 134 cm³/mol. The minimum atomic E-state index is -0.555. The number of nitrogens with one attached hydrogen (secondary N) is 1. The number of amides is 2. The van der Waals surface area contributed by atoms with E-state index in [1.807, 2.05) is 48.2 Å². The SMILES string of the molecule is CCCN1C(=O)c2ccccc2[C@H](C(=O)NC2CCCCC2)[C@H]1c1cc(OC)c(OC)c(OC)c1. The highest BCUT2D eigenvalue weighted by Crippen LogP contribution is 2.47. The van der Waals surface area contributed by atoms with E-state index in [2.05, 4.69) is 5.32 Å². The van der Waals surface area contributed by atoms with Crippen molar-refractivity contribution in [2.45, 2.75) is 63.5 Å². The number of hydrogen-bond acceptors (Lipinski definition) is 5. The number of benzene rings is 2. The van der Waals surface area contributed by atoms with E-state index in [4.69, 9.17) is 14.2 Å². The van der Waals surface area contributed by atoms with Crippen LogP contribution in [0.15, 0.2) is 36.4 Å². The molecule has 1 aliphatic carbocycles. The van der Waals surface area contributed by atoms with Crippen LogP contribution in [-0.4, -0.2) is 50.6 Å². The van der Waals surface area contributed by atoms with Crippen molar-refractivity contribution in [3.05, 3.63) is 53.1 Å². The van der Waals surface area contributed by atoms with Crippen LogP contribution in [0.25, 0.3) is 0 Å². The molecule has 0 saturated heterocycles. The van der Waals surface area contributed by atoms with E-state index < -0.39 is 12.0 Å². The van der Waals surface area contributed by atoms with E-state index in [1.54, 1.807) is 21.3 Å². The number of rotatable bonds is 8. The summed E-state index contributed by atoms with van der Waals surface area (Å²) in [6.07, 6.45) is 6.22. The fourth-order valence-corrected chi connectivity index (χ4v) is 5.54. The lowest BCUT2D eigenvalue weighted by atomic mass is 9.78. The fraction of sp³-hybridized carbons (Fsp3) is 0.500. The highest BCUT2D eigenvalue weighted by Gasteiger charge is 2.44. The van der Waals surface area contributed by atoms with Crippen LogP contribution >= 0.6 is 0 Å². The molecule has 7 nitrogen and oxygen atoms in total. The number of methoxy groups -OCH3 is 3. The third-order valence-corrected chi connectivity index (χ3v) is 7.17. The number of fused-ring (bicyclic) bond motifs is 1. The average molecular weight is 481 g/mol. The topological polar surface area (TPSA) is 77.1 Å². The summed E-state index contributed by atoms with van der Waals surface area (Å²) in [6, 6.07) is 10.9. The lowest BCUT2D eigenvalue weighted by Crippen LogP contribution is -2.49. The van der Waals surface area contributed by atoms with Crippen molar-refractivity contribution >= 4 is 11.8 Å². The molecule has 1 saturated carbocycles. The summed E-state index contributed by atoms with van der Waals surface area (Å²) in [4.78, 5) is 29.5. The van der Waals surface area contributed by atoms with E-state index in [0.717, 1.165) is 43.2 Å². The first-order valence-corrected chi connectivity index (χ1v) is 12.5. The molecule has 7 heteroatoms. The summed E-state index contributed by atoms with van der Waals surface area (Å²) in [5, 5.41) is 3.32. The smallest absolute Gasteiger partial charge is 0.254 e. The Kier molecular flexibility index (Phi) is 7.83. The quantitative estimate of drug-likeness (QED) is 0.584. The van der Waals surface area contributed by atoms with E-state index >= 15 is 0 Å². The predicted octanol–water partition coefficient (Wildman–Crippen LogP) is 4.85. The number of carbonyl (C=O) groups excluding carboxylic acids is 2. The molecule has 1 N–H and O–H groups in total. The van der Waals surface area contributed by atoms with Gasteiger partial charge in [-0.3, -0.25) is 9.59 Å². The summed E-state index contributed by atoms with van der Waals surface area (Å²) in [6.45, 7) is 2.57. The van der Waals surface area contributed by atoms with Gasteiger partial charge in [-0.1, -0.05) is 44.4 Å². The molecule has 0 unspecified atom stereocenters. The maximum Gasteiger partial charge on any atom is 0.254 e. The van der Waals surface area contributed by atoms with E-state index in [9.17, 15) is 9.59 Å². The standard InChI is InChI=1S/C28H36N2O5/c1-5-15-30-25(18-16-22(33-2)26(35-4)23(17-18)34-3)24(20-13-9-10-14-21(20)28(30)32)27(31)29-19-11-7-6-8-12-19/h9-10,13-14,16-17,19,24-25H,5-8,11-12,15H2,1-4H3,(H,29,31)/t24-,25+/m0/s1. The maximum atomic E-state index is 14.0. The van der Waals surface area contributed by atoms with E-state index in [0.29, 0.717) is 29.4 Å². The Morgan fingerprint density at radius 3 is 2.26 bits per heavy atom. The summed E-state index contributed by atoms with van der Waals surface area (Å²) < 4.78 is 16.7. The van der Waals surface area contributed by atoms with Gasteiger partial charge in [-0.25, -0.2) is 0 Å². The van der Waals surface area contributed by atoms with Crippen molar-refractivity contribution in [3.8, 4) is 17.2 Å². The minimum Gasteiger partial charge on any atom is -0.493 e. The van der Waals surface area contributed by atoms with Gasteiger partial charge in [-0.2, -0.15) is 0 Å². The van der Waals surface area contributed by atoms with Gasteiger partial charge in [0.2, 0.25) is 11.7 Å². The van der Waals surface area contributed by atoms with Gasteiger partial charge in [0, 0.05) is 18.2 Å². The second-order valence-electron chi connectivity index (χ2n) is 9.31. The Hall–Kier alpha value is -3.22. The minimum absolute atomic E-state index is 0.0447. The zero-order valence-corrected chi connectivity index (χ0v) is 21.1. The Bertz CT molecular complexity index is 1040. The third kappa shape index (κ3) is 4.81. The van der Waals surface area contributed by atoms with E-state index in [1.165, 1.54) is 6.42 Å². The van der Waals surface area contributed by atoms with E-state index in [-0.39, 0.29) is 17.9 Å². The summed E-state index contributed by atoms with van der Waals surface area (Å²) in [5.74, 6) is 0.804. The first-order valence-electron chi connectivity index (χ1n) is 12.5. The first kappa shape index (κ1) is 24.9. The molecule has 1 heterocycles. The molecule has 2 amide bonds. The van der Waals surface area contributed by atoms with Crippen molar-refractivity contribution in [1.29, 1.82) is 0 Å². The molecule has 0 bridgehead atoms. The van der Waals surface area contributed by atoms with Crippen LogP contribution in [0.1, 0.15) is 78.9 Å². The highest BCUT2D eigenvalue weighted by molar-refractivity contribution is 6.01. The molecule has 0 aromatic heterocycles. The van der Waals surface area contributed by atoms with Gasteiger partial charge in [0.15, 0.2) is 11.5 Å². The van der Waals surface area contributed by atoms with Crippen molar-refractivity contribution in [3.63, 3.8) is 0 Å². The van der Waals surface area contributed by atoms with Gasteiger partial charge in [-0.15, -0.1) is 0 Å². The zero-order chi connectivity index (χ0) is 24.9. The molecule has 0 spiro atoms. The number of hydrogen-bond donors (Lipinski definition) is 1. The summed E-state index contributed by atoms with van der Waals surface area (Å²) in [7, 11) is 4.70. The van der Waals surface area contributed by atoms with Crippen molar-refractivity contribution in [2.75, 3.05) is 27.9 Å². The van der Waals surface area contributed by atoms with Crippen LogP contribution in [0, 0.1) is 0 Å². The third-order valence-electron chi connectivity index (χ3n) is 7.17. The monoisotopic (exact) mass is 480 g/mol. The zero-order valence-electron chi connectivity index (χ0n) is 21.1. The Labute approximate surface area is 207 Å². The van der Waals surface area contributed by atoms with Gasteiger partial charge < -0.3 is 24.4 Å². The average Bonchev–Trinajstić information content (AvgIpc) is 2.89. The first-order chi connectivity index (χ1) is 17.0. The molecule has 2 atom stereocenters. The molecule has 188 valence electrons. The Balaban J connectivity index is 1.86. The molecule has 2 aromatic carbocycles. The van der Waals surface area contributed by atoms with Gasteiger partial charge in [0.25, 0.3) is 5.91 Å². The van der Waals surface area contributed by atoms with Crippen LogP contribution in [0.3, 0.4) is 0 Å². The van der Waals surface area contributed by atoms with Gasteiger partial charge in [-0.05, 0) is 48.6 Å². The Morgan fingerprint density at radius 2 is 1.66 bits per heavy atom. The molecular formula is C28H36N2O5. The van der Waals surface area contributed by atoms with Gasteiger partial charge in [0.1, 0.15) is 0 Å². The normalized spacial score (nSPS) is 20.2. The van der Waals surface area contributed by atoms with Crippen LogP contribution in [0.2, 0.25) is 0 Å². The number of carbonyl (C=O) groups is 2. The fourth-order valence-electron chi connectivity index (χ4n) is 5.54. The second-order valence-corrected chi connectivity index (χ2v) is 9.31. The lowest BCUT2D eigenvalue weighted by Gasteiger charge is -2.42. The van der Waals surface area contributed by atoms with Crippen LogP contribution in [0.5, 0.6) is 17.2 Å². The van der Waals surface area contributed by atoms with Gasteiger partial charge in [0.05, 0.1) is 33.3 Å². The molecular weight excluding hydrogens is 444 g/mol. The number of ether oxygens (including phenoxy) is 3. The molecule has 2 aliphatic rings.